The zero-order valence-electron chi connectivity index (χ0n) is 67.8. The summed E-state index contributed by atoms with van der Waals surface area (Å²) in [4.78, 5) is 73.2. The summed E-state index contributed by atoms with van der Waals surface area (Å²) in [5, 5.41) is 10.7. The Morgan fingerprint density at radius 3 is 0.865 bits per heavy atom. The van der Waals surface area contributed by atoms with E-state index in [1.165, 1.54) is 231 Å². The monoisotopic (exact) mass is 1520 g/mol. The van der Waals surface area contributed by atoms with E-state index in [2.05, 4.69) is 65.8 Å². The molecular formula is C85H162O17P2. The van der Waals surface area contributed by atoms with Crippen molar-refractivity contribution >= 4 is 39.5 Å². The molecule has 0 radical (unpaired) electrons. The highest BCUT2D eigenvalue weighted by Crippen LogP contribution is 2.45. The second-order valence-electron chi connectivity index (χ2n) is 30.6. The van der Waals surface area contributed by atoms with E-state index in [4.69, 9.17) is 37.0 Å². The van der Waals surface area contributed by atoms with E-state index in [0.29, 0.717) is 25.7 Å². The molecule has 3 N–H and O–H groups in total. The standard InChI is InChI=1S/C85H162O17P2/c1-7-10-12-14-16-18-20-22-24-31-34-38-42-49-55-61-67-82(87)95-73-80(101-84(89)70-64-58-52-44-40-36-32-28-26-25-27-30-33-37-41-47-53-59-65-77(4)5)75-99-103(91,92)97-71-79(86)72-98-104(93,94)100-76-81(74-96-83(88)68-62-56-50-46-45-48-54-60-66-78(6)9-3)102-85(90)69-63-57-51-43-39-35-29-23-21-19-17-15-13-11-8-2/h19,21,23,29,77-81,86H,7-18,20,22,24-28,30-76H2,1-6H3,(H,91,92)(H,93,94)/b21-19-,29-23-/t78?,79-,80-,81-/m1/s1. The first kappa shape index (κ1) is 102. The lowest BCUT2D eigenvalue weighted by Gasteiger charge is -2.21. The lowest BCUT2D eigenvalue weighted by molar-refractivity contribution is -0.161. The summed E-state index contributed by atoms with van der Waals surface area (Å²) in [5.74, 6) is -0.540. The first-order valence-corrected chi connectivity index (χ1v) is 46.3. The number of phosphoric acid groups is 2. The molecule has 0 aliphatic rings. The highest BCUT2D eigenvalue weighted by molar-refractivity contribution is 7.47. The molecule has 104 heavy (non-hydrogen) atoms. The summed E-state index contributed by atoms with van der Waals surface area (Å²) < 4.78 is 68.8. The predicted molar refractivity (Wildman–Crippen MR) is 427 cm³/mol. The summed E-state index contributed by atoms with van der Waals surface area (Å²) in [5.41, 5.74) is 0. The Kier molecular flexibility index (Phi) is 74.1. The van der Waals surface area contributed by atoms with E-state index in [-0.39, 0.29) is 25.7 Å². The average molecular weight is 1520 g/mol. The van der Waals surface area contributed by atoms with E-state index in [1.54, 1.807) is 0 Å². The number of hydrogen-bond acceptors (Lipinski definition) is 15. The number of aliphatic hydroxyl groups excluding tert-OH is 1. The van der Waals surface area contributed by atoms with Gasteiger partial charge in [-0.15, -0.1) is 0 Å². The number of carbonyl (C=O) groups excluding carboxylic acids is 4. The van der Waals surface area contributed by atoms with Crippen LogP contribution in [0, 0.1) is 11.8 Å². The molecular weight excluding hydrogens is 1350 g/mol. The molecule has 17 nitrogen and oxygen atoms in total. The molecule has 6 atom stereocenters. The van der Waals surface area contributed by atoms with Gasteiger partial charge in [0.1, 0.15) is 19.3 Å². The Hall–Kier alpha value is -2.46. The maximum Gasteiger partial charge on any atom is 0.472 e. The van der Waals surface area contributed by atoms with Crippen LogP contribution in [-0.4, -0.2) is 96.7 Å². The van der Waals surface area contributed by atoms with Crippen LogP contribution in [0.3, 0.4) is 0 Å². The van der Waals surface area contributed by atoms with E-state index in [1.807, 2.05) is 0 Å². The van der Waals surface area contributed by atoms with Gasteiger partial charge in [0.25, 0.3) is 0 Å². The van der Waals surface area contributed by atoms with E-state index in [9.17, 15) is 43.2 Å². The molecule has 0 fully saturated rings. The van der Waals surface area contributed by atoms with Gasteiger partial charge in [-0.25, -0.2) is 9.13 Å². The Balaban J connectivity index is 5.28. The highest BCUT2D eigenvalue weighted by atomic mass is 31.2. The van der Waals surface area contributed by atoms with Crippen molar-refractivity contribution in [2.45, 2.75) is 445 Å². The molecule has 0 aliphatic heterocycles. The van der Waals surface area contributed by atoms with Crippen LogP contribution < -0.4 is 0 Å². The first-order chi connectivity index (χ1) is 50.4. The number of carbonyl (C=O) groups is 4. The predicted octanol–water partition coefficient (Wildman–Crippen LogP) is 25.4. The van der Waals surface area contributed by atoms with Crippen molar-refractivity contribution < 1.29 is 80.2 Å². The summed E-state index contributed by atoms with van der Waals surface area (Å²) in [6, 6.07) is 0. The highest BCUT2D eigenvalue weighted by Gasteiger charge is 2.30. The van der Waals surface area contributed by atoms with Gasteiger partial charge in [-0.1, -0.05) is 374 Å². The molecule has 614 valence electrons. The molecule has 0 bridgehead atoms. The summed E-state index contributed by atoms with van der Waals surface area (Å²) in [6.45, 7) is 9.63. The van der Waals surface area contributed by atoms with Crippen LogP contribution in [0.4, 0.5) is 0 Å². The van der Waals surface area contributed by atoms with Gasteiger partial charge in [-0.2, -0.15) is 0 Å². The molecule has 0 aromatic heterocycles. The number of unbranched alkanes of at least 4 members (excludes halogenated alkanes) is 48. The van der Waals surface area contributed by atoms with Crippen LogP contribution in [0.2, 0.25) is 0 Å². The maximum absolute atomic E-state index is 13.1. The smallest absolute Gasteiger partial charge is 0.462 e. The summed E-state index contributed by atoms with van der Waals surface area (Å²) in [7, 11) is -9.94. The molecule has 19 heteroatoms. The number of phosphoric ester groups is 2. The third-order valence-corrected chi connectivity index (χ3v) is 21.6. The van der Waals surface area contributed by atoms with E-state index in [0.717, 1.165) is 115 Å². The second-order valence-corrected chi connectivity index (χ2v) is 33.5. The van der Waals surface area contributed by atoms with Crippen LogP contribution in [0.1, 0.15) is 427 Å². The minimum absolute atomic E-state index is 0.0849. The minimum Gasteiger partial charge on any atom is -0.462 e. The fourth-order valence-corrected chi connectivity index (χ4v) is 14.3. The second kappa shape index (κ2) is 75.9. The first-order valence-electron chi connectivity index (χ1n) is 43.3. The number of rotatable bonds is 82. The maximum atomic E-state index is 13.1. The fourth-order valence-electron chi connectivity index (χ4n) is 12.7. The summed E-state index contributed by atoms with van der Waals surface area (Å²) in [6.07, 6.45) is 70.1. The van der Waals surface area contributed by atoms with Crippen molar-refractivity contribution in [2.24, 2.45) is 11.8 Å². The zero-order chi connectivity index (χ0) is 76.4. The van der Waals surface area contributed by atoms with Gasteiger partial charge in [0, 0.05) is 25.7 Å². The normalized spacial score (nSPS) is 14.2. The molecule has 0 aliphatic carbocycles. The fraction of sp³-hybridized carbons (Fsp3) is 0.906. The molecule has 0 heterocycles. The third-order valence-electron chi connectivity index (χ3n) is 19.7. The van der Waals surface area contributed by atoms with Gasteiger partial charge in [-0.05, 0) is 63.2 Å². The van der Waals surface area contributed by atoms with Crippen LogP contribution in [0.5, 0.6) is 0 Å². The molecule has 0 amide bonds. The number of ether oxygens (including phenoxy) is 4. The summed E-state index contributed by atoms with van der Waals surface area (Å²) >= 11 is 0. The average Bonchev–Trinajstić information content (AvgIpc) is 0.912. The van der Waals surface area contributed by atoms with Gasteiger partial charge in [0.2, 0.25) is 0 Å². The Morgan fingerprint density at radius 2 is 0.567 bits per heavy atom. The number of allylic oxidation sites excluding steroid dienone is 4. The Bertz CT molecular complexity index is 2090. The number of hydrogen-bond donors (Lipinski definition) is 3. The largest absolute Gasteiger partial charge is 0.472 e. The topological polar surface area (TPSA) is 237 Å². The molecule has 0 rings (SSSR count). The molecule has 0 saturated heterocycles. The van der Waals surface area contributed by atoms with Crippen molar-refractivity contribution in [3.8, 4) is 0 Å². The van der Waals surface area contributed by atoms with Gasteiger partial charge >= 0.3 is 39.5 Å². The van der Waals surface area contributed by atoms with Crippen molar-refractivity contribution in [3.63, 3.8) is 0 Å². The van der Waals surface area contributed by atoms with Gasteiger partial charge < -0.3 is 33.8 Å². The quantitative estimate of drug-likeness (QED) is 0.0169. The zero-order valence-corrected chi connectivity index (χ0v) is 69.6. The van der Waals surface area contributed by atoms with Crippen molar-refractivity contribution in [3.05, 3.63) is 24.3 Å². The molecule has 0 spiro atoms. The lowest BCUT2D eigenvalue weighted by atomic mass is 9.99. The van der Waals surface area contributed by atoms with Crippen LogP contribution >= 0.6 is 15.6 Å². The van der Waals surface area contributed by atoms with Gasteiger partial charge in [0.15, 0.2) is 12.2 Å². The number of esters is 4. The molecule has 3 unspecified atom stereocenters. The van der Waals surface area contributed by atoms with Crippen LogP contribution in [0.25, 0.3) is 0 Å². The van der Waals surface area contributed by atoms with E-state index >= 15 is 0 Å². The Morgan fingerprint density at radius 1 is 0.317 bits per heavy atom. The minimum atomic E-state index is -4.97. The number of aliphatic hydroxyl groups is 1. The third kappa shape index (κ3) is 76.3. The SMILES string of the molecule is CCCCCC/C=C\C=C/CCCCCCCC(=O)O[C@H](COC(=O)CCCCCCCCCCC(C)CC)COP(=O)(O)OC[C@H](O)COP(=O)(O)OC[C@@H](COC(=O)CCCCCCCCCCCCCCCCCC)OC(=O)CCCCCCCCCCCCCCCCCCCCC(C)C. The molecule has 0 aromatic carbocycles. The molecule has 0 aromatic rings. The van der Waals surface area contributed by atoms with E-state index < -0.39 is 97.5 Å². The molecule has 0 saturated carbocycles. The lowest BCUT2D eigenvalue weighted by Crippen LogP contribution is -2.30. The van der Waals surface area contributed by atoms with Crippen molar-refractivity contribution in [1.29, 1.82) is 0 Å². The van der Waals surface area contributed by atoms with Crippen molar-refractivity contribution in [1.82, 2.24) is 0 Å². The Labute approximate surface area is 637 Å². The van der Waals surface area contributed by atoms with Gasteiger partial charge in [-0.3, -0.25) is 37.3 Å². The van der Waals surface area contributed by atoms with Crippen molar-refractivity contribution in [2.75, 3.05) is 39.6 Å². The van der Waals surface area contributed by atoms with Gasteiger partial charge in [0.05, 0.1) is 26.4 Å². The van der Waals surface area contributed by atoms with Crippen LogP contribution in [0.15, 0.2) is 24.3 Å². The van der Waals surface area contributed by atoms with Crippen LogP contribution in [-0.2, 0) is 65.4 Å².